The van der Waals surface area contributed by atoms with Gasteiger partial charge in [0, 0.05) is 0 Å². The summed E-state index contributed by atoms with van der Waals surface area (Å²) in [5.74, 6) is -0.584. The Balaban J connectivity index is 3.54. The average Bonchev–Trinajstić information content (AvgIpc) is 3.42. The molecule has 0 spiro atoms. The van der Waals surface area contributed by atoms with E-state index in [9.17, 15) is 25.2 Å². The molecule has 0 bridgehead atoms. The predicted octanol–water partition coefficient (Wildman–Crippen LogP) is 21.5. The molecule has 1 amide bonds. The molecule has 0 saturated carbocycles. The summed E-state index contributed by atoms with van der Waals surface area (Å²) < 4.78 is 0. The third-order valence-electron chi connectivity index (χ3n) is 17.0. The van der Waals surface area contributed by atoms with E-state index in [0.717, 1.165) is 38.5 Å². The fourth-order valence-electron chi connectivity index (χ4n) is 11.5. The molecule has 0 rings (SSSR count). The zero-order chi connectivity index (χ0) is 55.1. The minimum absolute atomic E-state index is 0.369. The van der Waals surface area contributed by atoms with Gasteiger partial charge in [-0.1, -0.05) is 373 Å². The number of allylic oxidation sites excluding steroid dienone is 2. The Bertz CT molecular complexity index is 1120. The highest BCUT2D eigenvalue weighted by atomic mass is 16.3. The molecule has 6 heteroatoms. The van der Waals surface area contributed by atoms with Crippen LogP contribution in [-0.4, -0.2) is 57.3 Å². The van der Waals surface area contributed by atoms with E-state index in [0.29, 0.717) is 12.8 Å². The Morgan fingerprint density at radius 1 is 0.316 bits per heavy atom. The van der Waals surface area contributed by atoms with Crippen molar-refractivity contribution in [3.63, 3.8) is 0 Å². The van der Waals surface area contributed by atoms with Gasteiger partial charge in [0.1, 0.15) is 12.2 Å². The summed E-state index contributed by atoms with van der Waals surface area (Å²) >= 11 is 0. The first-order chi connectivity index (χ1) is 37.5. The summed E-state index contributed by atoms with van der Waals surface area (Å²) in [7, 11) is 0. The van der Waals surface area contributed by atoms with Gasteiger partial charge in [-0.05, 0) is 38.5 Å². The molecule has 454 valence electrons. The Kier molecular flexibility index (Phi) is 64.1. The maximum absolute atomic E-state index is 12.7. The summed E-state index contributed by atoms with van der Waals surface area (Å²) in [5, 5.41) is 44.2. The predicted molar refractivity (Wildman–Crippen MR) is 335 cm³/mol. The van der Waals surface area contributed by atoms with Gasteiger partial charge in [-0.3, -0.25) is 4.79 Å². The summed E-state index contributed by atoms with van der Waals surface area (Å²) in [6, 6.07) is -1.00. The van der Waals surface area contributed by atoms with Crippen molar-refractivity contribution in [1.29, 1.82) is 0 Å². The van der Waals surface area contributed by atoms with Crippen molar-refractivity contribution in [2.45, 2.75) is 423 Å². The summed E-state index contributed by atoms with van der Waals surface area (Å²) in [4.78, 5) is 12.7. The van der Waals surface area contributed by atoms with Crippen LogP contribution in [0.5, 0.6) is 0 Å². The van der Waals surface area contributed by atoms with Crippen molar-refractivity contribution in [2.75, 3.05) is 6.61 Å². The molecule has 76 heavy (non-hydrogen) atoms. The van der Waals surface area contributed by atoms with Crippen LogP contribution in [0.2, 0.25) is 0 Å². The fourth-order valence-corrected chi connectivity index (χ4v) is 11.5. The Labute approximate surface area is 476 Å². The number of hydrogen-bond donors (Lipinski definition) is 5. The molecule has 5 N–H and O–H groups in total. The number of carbonyl (C=O) groups is 1. The van der Waals surface area contributed by atoms with Crippen molar-refractivity contribution in [2.24, 2.45) is 0 Å². The lowest BCUT2D eigenvalue weighted by atomic mass is 10.00. The molecular weight excluding hydrogens is 935 g/mol. The van der Waals surface area contributed by atoms with Gasteiger partial charge in [0.05, 0.1) is 18.8 Å². The van der Waals surface area contributed by atoms with Crippen molar-refractivity contribution in [1.82, 2.24) is 5.32 Å². The van der Waals surface area contributed by atoms with Crippen LogP contribution in [0.1, 0.15) is 399 Å². The van der Waals surface area contributed by atoms with Crippen molar-refractivity contribution in [3.8, 4) is 0 Å². The molecule has 4 unspecified atom stereocenters. The standard InChI is InChI=1S/C70H139NO5/c1-3-5-7-9-11-13-15-17-19-21-23-25-27-29-31-33-34-35-36-38-40-42-44-46-48-50-52-54-56-58-60-62-64-68(74)70(76)71-66(65-72)69(75)67(73)63-61-59-57-55-53-51-49-47-45-43-41-39-37-32-30-28-26-24-22-20-18-16-14-12-10-8-6-4-2/h55,57,66-69,72-75H,3-54,56,58-65H2,1-2H3,(H,71,76)/b57-55+. The van der Waals surface area contributed by atoms with Gasteiger partial charge < -0.3 is 25.7 Å². The molecule has 0 aromatic heterocycles. The van der Waals surface area contributed by atoms with Gasteiger partial charge in [-0.15, -0.1) is 0 Å². The Morgan fingerprint density at radius 3 is 0.789 bits per heavy atom. The number of aliphatic hydroxyl groups excluding tert-OH is 4. The zero-order valence-corrected chi connectivity index (χ0v) is 51.8. The number of unbranched alkanes of at least 4 members (excludes halogenated alkanes) is 55. The minimum atomic E-state index is -1.28. The lowest BCUT2D eigenvalue weighted by Gasteiger charge is -2.27. The normalized spacial score (nSPS) is 13.5. The number of carbonyl (C=O) groups excluding carboxylic acids is 1. The summed E-state index contributed by atoms with van der Waals surface area (Å²) in [5.41, 5.74) is 0. The second-order valence-electron chi connectivity index (χ2n) is 24.6. The van der Waals surface area contributed by atoms with E-state index < -0.39 is 36.9 Å². The first-order valence-electron chi connectivity index (χ1n) is 35.1. The molecule has 0 aliphatic carbocycles. The molecule has 0 aliphatic rings. The molecule has 0 aromatic carbocycles. The van der Waals surface area contributed by atoms with Crippen LogP contribution in [0.25, 0.3) is 0 Å². The highest BCUT2D eigenvalue weighted by Gasteiger charge is 2.28. The first-order valence-corrected chi connectivity index (χ1v) is 35.1. The highest BCUT2D eigenvalue weighted by molar-refractivity contribution is 5.80. The fraction of sp³-hybridized carbons (Fsp3) is 0.957. The molecule has 4 atom stereocenters. The highest BCUT2D eigenvalue weighted by Crippen LogP contribution is 2.20. The monoisotopic (exact) mass is 1070 g/mol. The van der Waals surface area contributed by atoms with Crippen LogP contribution < -0.4 is 5.32 Å². The lowest BCUT2D eigenvalue weighted by molar-refractivity contribution is -0.132. The second-order valence-corrected chi connectivity index (χ2v) is 24.6. The Morgan fingerprint density at radius 2 is 0.539 bits per heavy atom. The zero-order valence-electron chi connectivity index (χ0n) is 51.8. The van der Waals surface area contributed by atoms with Crippen molar-refractivity contribution in [3.05, 3.63) is 12.2 Å². The SMILES string of the molecule is CCCCCCCCCCCCCCCCCCCCCCCCC/C=C/CCCC(O)C(O)C(CO)NC(=O)C(O)CCCCCCCCCCCCCCCCCCCCCCCCCCCCCCCCCC. The molecule has 0 aromatic rings. The molecule has 0 fully saturated rings. The van der Waals surface area contributed by atoms with E-state index in [4.69, 9.17) is 0 Å². The second kappa shape index (κ2) is 64.9. The van der Waals surface area contributed by atoms with Crippen LogP contribution in [0, 0.1) is 0 Å². The molecule has 0 radical (unpaired) electrons. The third kappa shape index (κ3) is 57.7. The van der Waals surface area contributed by atoms with Gasteiger partial charge in [-0.25, -0.2) is 0 Å². The Hall–Kier alpha value is -0.950. The topological polar surface area (TPSA) is 110 Å². The molecule has 0 heterocycles. The van der Waals surface area contributed by atoms with Crippen molar-refractivity contribution < 1.29 is 25.2 Å². The number of aliphatic hydroxyl groups is 4. The quantitative estimate of drug-likeness (QED) is 0.0308. The summed E-state index contributed by atoms with van der Waals surface area (Å²) in [6.45, 7) is 4.11. The van der Waals surface area contributed by atoms with Crippen LogP contribution >= 0.6 is 0 Å². The van der Waals surface area contributed by atoms with Gasteiger partial charge in [0.15, 0.2) is 0 Å². The van der Waals surface area contributed by atoms with Gasteiger partial charge >= 0.3 is 0 Å². The van der Waals surface area contributed by atoms with Crippen molar-refractivity contribution >= 4 is 5.91 Å². The van der Waals surface area contributed by atoms with E-state index in [1.54, 1.807) is 0 Å². The van der Waals surface area contributed by atoms with Gasteiger partial charge in [-0.2, -0.15) is 0 Å². The largest absolute Gasteiger partial charge is 0.394 e. The van der Waals surface area contributed by atoms with E-state index in [-0.39, 0.29) is 0 Å². The van der Waals surface area contributed by atoms with E-state index >= 15 is 0 Å². The molecule has 0 saturated heterocycles. The van der Waals surface area contributed by atoms with E-state index in [1.165, 1.54) is 334 Å². The van der Waals surface area contributed by atoms with Crippen LogP contribution in [0.3, 0.4) is 0 Å². The first kappa shape index (κ1) is 75.0. The average molecular weight is 1070 g/mol. The number of nitrogens with one attached hydrogen (secondary N) is 1. The molecule has 0 aliphatic heterocycles. The van der Waals surface area contributed by atoms with Gasteiger partial charge in [0.2, 0.25) is 5.91 Å². The number of hydrogen-bond acceptors (Lipinski definition) is 5. The number of rotatable bonds is 66. The van der Waals surface area contributed by atoms with Gasteiger partial charge in [0.25, 0.3) is 0 Å². The number of amides is 1. The maximum Gasteiger partial charge on any atom is 0.249 e. The lowest BCUT2D eigenvalue weighted by Crippen LogP contribution is -2.53. The van der Waals surface area contributed by atoms with Crippen LogP contribution in [0.4, 0.5) is 0 Å². The van der Waals surface area contributed by atoms with E-state index in [1.807, 2.05) is 0 Å². The minimum Gasteiger partial charge on any atom is -0.394 e. The smallest absolute Gasteiger partial charge is 0.249 e. The van der Waals surface area contributed by atoms with Crippen LogP contribution in [-0.2, 0) is 4.79 Å². The van der Waals surface area contributed by atoms with E-state index in [2.05, 4.69) is 31.3 Å². The maximum atomic E-state index is 12.7. The summed E-state index contributed by atoms with van der Waals surface area (Å²) in [6.07, 6.45) is 80.6. The molecule has 6 nitrogen and oxygen atoms in total. The van der Waals surface area contributed by atoms with Crippen LogP contribution in [0.15, 0.2) is 12.2 Å². The third-order valence-corrected chi connectivity index (χ3v) is 17.0. The molecular formula is C70H139NO5.